The minimum absolute atomic E-state index is 0.00445. The highest BCUT2D eigenvalue weighted by molar-refractivity contribution is 7.89. The number of likely N-dealkylation sites (tertiary alicyclic amines) is 1. The fourth-order valence-electron chi connectivity index (χ4n) is 2.18. The lowest BCUT2D eigenvalue weighted by atomic mass is 10.1. The molecule has 1 saturated heterocycles. The zero-order valence-corrected chi connectivity index (χ0v) is 11.3. The van der Waals surface area contributed by atoms with Crippen molar-refractivity contribution in [1.82, 2.24) is 9.88 Å². The number of sulfonamides is 1. The number of carbonyl (C=O) groups is 1. The third-order valence-corrected chi connectivity index (χ3v) is 4.54. The van der Waals surface area contributed by atoms with E-state index in [1.165, 1.54) is 17.0 Å². The summed E-state index contributed by atoms with van der Waals surface area (Å²) >= 11 is 0. The monoisotopic (exact) mass is 302 g/mol. The summed E-state index contributed by atoms with van der Waals surface area (Å²) in [7, 11) is -3.70. The molecule has 20 heavy (non-hydrogen) atoms. The van der Waals surface area contributed by atoms with Crippen molar-refractivity contribution in [3.05, 3.63) is 27.9 Å². The number of nitrogens with zero attached hydrogens (tertiary/aromatic N) is 2. The Morgan fingerprint density at radius 2 is 2.20 bits per heavy atom. The molecule has 1 unspecified atom stereocenters. The van der Waals surface area contributed by atoms with E-state index in [2.05, 4.69) is 4.98 Å². The van der Waals surface area contributed by atoms with Crippen molar-refractivity contribution in [2.24, 2.45) is 5.14 Å². The maximum absolute atomic E-state index is 12.1. The number of nitro groups is 1. The number of nitrogens with two attached hydrogens (primary N) is 1. The minimum Gasteiger partial charge on any atom is -0.358 e. The number of amides is 1. The van der Waals surface area contributed by atoms with Crippen LogP contribution in [-0.4, -0.2) is 47.5 Å². The second kappa shape index (κ2) is 5.21. The van der Waals surface area contributed by atoms with Gasteiger partial charge < -0.3 is 15.0 Å². The zero-order chi connectivity index (χ0) is 14.9. The molecule has 10 heteroatoms. The van der Waals surface area contributed by atoms with Gasteiger partial charge in [0.1, 0.15) is 0 Å². The summed E-state index contributed by atoms with van der Waals surface area (Å²) in [5.41, 5.74) is 0.0618. The molecule has 0 aromatic carbocycles. The summed E-state index contributed by atoms with van der Waals surface area (Å²) in [4.78, 5) is 25.8. The number of primary sulfonamides is 1. The van der Waals surface area contributed by atoms with E-state index in [1.807, 2.05) is 0 Å². The summed E-state index contributed by atoms with van der Waals surface area (Å²) in [6.45, 7) is 0.405. The number of nitrogens with one attached hydrogen (secondary N) is 1. The van der Waals surface area contributed by atoms with Gasteiger partial charge in [-0.05, 0) is 23.8 Å². The summed E-state index contributed by atoms with van der Waals surface area (Å²) in [5, 5.41) is 14.9. The molecule has 3 N–H and O–H groups in total. The van der Waals surface area contributed by atoms with Gasteiger partial charge in [0, 0.05) is 19.2 Å². The molecule has 1 aromatic heterocycles. The molecule has 1 aliphatic rings. The van der Waals surface area contributed by atoms with Crippen molar-refractivity contribution in [3.8, 4) is 0 Å². The average Bonchev–Trinajstić information content (AvgIpc) is 2.87. The first kappa shape index (κ1) is 14.5. The van der Waals surface area contributed by atoms with Crippen LogP contribution in [0.3, 0.4) is 0 Å². The van der Waals surface area contributed by atoms with Crippen molar-refractivity contribution in [2.45, 2.75) is 18.1 Å². The number of carbonyl (C=O) groups excluding carboxylic acids is 1. The highest BCUT2D eigenvalue weighted by atomic mass is 32.2. The number of H-pyrrole nitrogens is 1. The van der Waals surface area contributed by atoms with E-state index in [9.17, 15) is 23.3 Å². The molecule has 0 spiro atoms. The van der Waals surface area contributed by atoms with E-state index in [4.69, 9.17) is 5.14 Å². The third kappa shape index (κ3) is 2.96. The predicted molar refractivity (Wildman–Crippen MR) is 69.5 cm³/mol. The smallest absolute Gasteiger partial charge is 0.321 e. The van der Waals surface area contributed by atoms with Crippen LogP contribution < -0.4 is 5.14 Å². The Morgan fingerprint density at radius 3 is 2.75 bits per heavy atom. The maximum atomic E-state index is 12.1. The molecule has 1 aliphatic heterocycles. The topological polar surface area (TPSA) is 139 Å². The summed E-state index contributed by atoms with van der Waals surface area (Å²) in [6, 6.07) is 2.50. The average molecular weight is 302 g/mol. The Kier molecular flexibility index (Phi) is 3.77. The molecule has 1 aromatic rings. The molecular formula is C10H14N4O5S. The normalized spacial score (nSPS) is 19.9. The van der Waals surface area contributed by atoms with Gasteiger partial charge in [0.15, 0.2) is 5.69 Å². The van der Waals surface area contributed by atoms with Gasteiger partial charge >= 0.3 is 5.82 Å². The van der Waals surface area contributed by atoms with E-state index in [1.54, 1.807) is 0 Å². The Morgan fingerprint density at radius 1 is 1.50 bits per heavy atom. The molecule has 2 heterocycles. The molecule has 0 bridgehead atoms. The second-order valence-electron chi connectivity index (χ2n) is 4.62. The number of rotatable bonds is 3. The second-order valence-corrected chi connectivity index (χ2v) is 6.46. The first-order valence-electron chi connectivity index (χ1n) is 5.93. The van der Waals surface area contributed by atoms with Gasteiger partial charge in [0.2, 0.25) is 10.0 Å². The molecule has 0 saturated carbocycles. The van der Waals surface area contributed by atoms with Crippen molar-refractivity contribution >= 4 is 21.7 Å². The lowest BCUT2D eigenvalue weighted by Crippen LogP contribution is -2.47. The molecule has 1 amide bonds. The van der Waals surface area contributed by atoms with Crippen LogP contribution in [0.5, 0.6) is 0 Å². The number of aromatic nitrogens is 1. The van der Waals surface area contributed by atoms with Crippen LogP contribution in [0, 0.1) is 10.1 Å². The first-order valence-corrected chi connectivity index (χ1v) is 7.54. The van der Waals surface area contributed by atoms with Crippen LogP contribution in [0.25, 0.3) is 0 Å². The van der Waals surface area contributed by atoms with Gasteiger partial charge in [-0.1, -0.05) is 0 Å². The van der Waals surface area contributed by atoms with Crippen molar-refractivity contribution in [1.29, 1.82) is 0 Å². The first-order chi connectivity index (χ1) is 9.29. The molecule has 0 aliphatic carbocycles. The van der Waals surface area contributed by atoms with Gasteiger partial charge in [0.05, 0.1) is 5.25 Å². The number of hydrogen-bond donors (Lipinski definition) is 2. The molecule has 9 nitrogen and oxygen atoms in total. The van der Waals surface area contributed by atoms with E-state index in [-0.39, 0.29) is 18.1 Å². The van der Waals surface area contributed by atoms with E-state index < -0.39 is 26.1 Å². The molecule has 1 atom stereocenters. The SMILES string of the molecule is NS(=O)(=O)C1CCCN(C(=O)c2ccc([N+](=O)[O-])[nH]2)C1. The number of aromatic amines is 1. The molecule has 110 valence electrons. The fourth-order valence-corrected chi connectivity index (χ4v) is 3.06. The standard InChI is InChI=1S/C10H14N4O5S/c11-20(18,19)7-2-1-5-13(6-7)10(15)8-3-4-9(12-8)14(16)17/h3-4,7,12H,1-2,5-6H2,(H2,11,18,19). The van der Waals surface area contributed by atoms with Crippen molar-refractivity contribution in [3.63, 3.8) is 0 Å². The zero-order valence-electron chi connectivity index (χ0n) is 10.5. The summed E-state index contributed by atoms with van der Waals surface area (Å²) in [5.74, 6) is -0.750. The van der Waals surface area contributed by atoms with E-state index in [0.29, 0.717) is 19.4 Å². The summed E-state index contributed by atoms with van der Waals surface area (Å²) in [6.07, 6.45) is 0.934. The predicted octanol–water partition coefficient (Wildman–Crippen LogP) is -0.184. The summed E-state index contributed by atoms with van der Waals surface area (Å²) < 4.78 is 22.7. The van der Waals surface area contributed by atoms with Gasteiger partial charge in [-0.25, -0.2) is 18.5 Å². The fraction of sp³-hybridized carbons (Fsp3) is 0.500. The van der Waals surface area contributed by atoms with Crippen molar-refractivity contribution < 1.29 is 18.1 Å². The van der Waals surface area contributed by atoms with Crippen molar-refractivity contribution in [2.75, 3.05) is 13.1 Å². The van der Waals surface area contributed by atoms with Crippen LogP contribution in [0.2, 0.25) is 0 Å². The van der Waals surface area contributed by atoms with E-state index >= 15 is 0 Å². The molecule has 2 rings (SSSR count). The highest BCUT2D eigenvalue weighted by Crippen LogP contribution is 2.18. The quantitative estimate of drug-likeness (QED) is 0.588. The Bertz CT molecular complexity index is 638. The van der Waals surface area contributed by atoms with Gasteiger partial charge in [-0.3, -0.25) is 4.79 Å². The minimum atomic E-state index is -3.70. The highest BCUT2D eigenvalue weighted by Gasteiger charge is 2.32. The number of hydrogen-bond acceptors (Lipinski definition) is 5. The molecular weight excluding hydrogens is 288 g/mol. The van der Waals surface area contributed by atoms with Gasteiger partial charge in [-0.15, -0.1) is 0 Å². The lowest BCUT2D eigenvalue weighted by Gasteiger charge is -2.30. The lowest BCUT2D eigenvalue weighted by molar-refractivity contribution is -0.389. The van der Waals surface area contributed by atoms with Crippen LogP contribution in [-0.2, 0) is 10.0 Å². The van der Waals surface area contributed by atoms with Gasteiger partial charge in [0.25, 0.3) is 5.91 Å². The number of piperidine rings is 1. The molecule has 1 fully saturated rings. The Labute approximate surface area is 114 Å². The van der Waals surface area contributed by atoms with Crippen LogP contribution in [0.4, 0.5) is 5.82 Å². The van der Waals surface area contributed by atoms with Crippen LogP contribution >= 0.6 is 0 Å². The largest absolute Gasteiger partial charge is 0.358 e. The molecule has 0 radical (unpaired) electrons. The third-order valence-electron chi connectivity index (χ3n) is 3.23. The maximum Gasteiger partial charge on any atom is 0.321 e. The van der Waals surface area contributed by atoms with Crippen LogP contribution in [0.15, 0.2) is 12.1 Å². The Hall–Kier alpha value is -1.94. The van der Waals surface area contributed by atoms with Crippen LogP contribution in [0.1, 0.15) is 23.3 Å². The van der Waals surface area contributed by atoms with Gasteiger partial charge in [-0.2, -0.15) is 0 Å². The Balaban J connectivity index is 2.14. The van der Waals surface area contributed by atoms with E-state index in [0.717, 1.165) is 0 Å².